The molecule has 0 saturated carbocycles. The SMILES string of the molecule is CCOc1ccc(C2CC(=O)N(c3ccc(Cl)cc3[N+](=O)[O-])C3=C2C(=O)CC(C)(C)C3)cc1. The number of anilines is 1. The Bertz CT molecular complexity index is 1170. The van der Waals surface area contributed by atoms with Crippen LogP contribution in [0.25, 0.3) is 0 Å². The van der Waals surface area contributed by atoms with Crippen molar-refractivity contribution in [1.82, 2.24) is 0 Å². The van der Waals surface area contributed by atoms with Crippen LogP contribution in [0.1, 0.15) is 51.5 Å². The zero-order valence-electron chi connectivity index (χ0n) is 18.8. The molecule has 0 spiro atoms. The smallest absolute Gasteiger partial charge is 0.294 e. The van der Waals surface area contributed by atoms with Crippen molar-refractivity contribution in [2.75, 3.05) is 11.5 Å². The summed E-state index contributed by atoms with van der Waals surface area (Å²) < 4.78 is 5.52. The van der Waals surface area contributed by atoms with Crippen molar-refractivity contribution in [3.05, 3.63) is 74.4 Å². The average Bonchev–Trinajstić information content (AvgIpc) is 2.73. The minimum Gasteiger partial charge on any atom is -0.494 e. The first kappa shape index (κ1) is 23.0. The van der Waals surface area contributed by atoms with Crippen LogP contribution in [-0.4, -0.2) is 23.2 Å². The van der Waals surface area contributed by atoms with E-state index >= 15 is 0 Å². The first-order valence-electron chi connectivity index (χ1n) is 10.9. The molecular weight excluding hydrogens is 444 g/mol. The van der Waals surface area contributed by atoms with Crippen LogP contribution >= 0.6 is 11.6 Å². The first-order valence-corrected chi connectivity index (χ1v) is 11.2. The molecule has 0 radical (unpaired) electrons. The van der Waals surface area contributed by atoms with Gasteiger partial charge in [-0.15, -0.1) is 0 Å². The maximum absolute atomic E-state index is 13.5. The van der Waals surface area contributed by atoms with E-state index in [0.717, 1.165) is 5.56 Å². The van der Waals surface area contributed by atoms with E-state index in [1.807, 2.05) is 45.0 Å². The molecule has 0 fully saturated rings. The van der Waals surface area contributed by atoms with Crippen LogP contribution < -0.4 is 9.64 Å². The Balaban J connectivity index is 1.88. The van der Waals surface area contributed by atoms with E-state index in [2.05, 4.69) is 0 Å². The maximum Gasteiger partial charge on any atom is 0.294 e. The number of Topliss-reactive ketones (excluding diaryl/α,β-unsaturated/α-hetero) is 1. The van der Waals surface area contributed by atoms with Crippen LogP contribution in [0.2, 0.25) is 5.02 Å². The average molecular weight is 469 g/mol. The summed E-state index contributed by atoms with van der Waals surface area (Å²) in [5, 5.41) is 12.0. The van der Waals surface area contributed by atoms with Gasteiger partial charge in [0.25, 0.3) is 5.69 Å². The lowest BCUT2D eigenvalue weighted by Crippen LogP contribution is -2.44. The molecule has 2 aliphatic rings. The Labute approximate surface area is 197 Å². The summed E-state index contributed by atoms with van der Waals surface area (Å²) in [6, 6.07) is 11.6. The van der Waals surface area contributed by atoms with Crippen molar-refractivity contribution in [2.24, 2.45) is 5.41 Å². The van der Waals surface area contributed by atoms with Crippen LogP contribution in [0, 0.1) is 15.5 Å². The molecule has 0 N–H and O–H groups in total. The van der Waals surface area contributed by atoms with E-state index in [9.17, 15) is 19.7 Å². The highest BCUT2D eigenvalue weighted by Crippen LogP contribution is 2.49. The summed E-state index contributed by atoms with van der Waals surface area (Å²) in [7, 11) is 0. The van der Waals surface area contributed by atoms with Crippen LogP contribution in [0.3, 0.4) is 0 Å². The summed E-state index contributed by atoms with van der Waals surface area (Å²) in [5.41, 5.74) is 1.43. The van der Waals surface area contributed by atoms with Gasteiger partial charge in [-0.05, 0) is 48.6 Å². The van der Waals surface area contributed by atoms with Crippen molar-refractivity contribution in [3.63, 3.8) is 0 Å². The normalized spacial score (nSPS) is 20.0. The molecule has 0 bridgehead atoms. The van der Waals surface area contributed by atoms with Crippen molar-refractivity contribution in [3.8, 4) is 5.75 Å². The molecule has 1 unspecified atom stereocenters. The number of hydrogen-bond acceptors (Lipinski definition) is 5. The van der Waals surface area contributed by atoms with Gasteiger partial charge in [0.1, 0.15) is 11.4 Å². The molecular formula is C25H25ClN2O5. The lowest BCUT2D eigenvalue weighted by molar-refractivity contribution is -0.384. The second-order valence-corrected chi connectivity index (χ2v) is 9.62. The Hall–Kier alpha value is -3.19. The quantitative estimate of drug-likeness (QED) is 0.408. The highest BCUT2D eigenvalue weighted by molar-refractivity contribution is 6.31. The number of hydrogen-bond donors (Lipinski definition) is 0. The summed E-state index contributed by atoms with van der Waals surface area (Å²) in [6.07, 6.45) is 0.843. The van der Waals surface area contributed by atoms with E-state index in [4.69, 9.17) is 16.3 Å². The van der Waals surface area contributed by atoms with Gasteiger partial charge in [-0.3, -0.25) is 24.6 Å². The van der Waals surface area contributed by atoms with E-state index in [-0.39, 0.29) is 39.9 Å². The fraction of sp³-hybridized carbons (Fsp3) is 0.360. The molecule has 0 saturated heterocycles. The number of nitrogens with zero attached hydrogens (tertiary/aromatic N) is 2. The standard InChI is InChI=1S/C25H25ClN2O5/c1-4-33-17-8-5-15(6-9-17)18-12-23(30)27(19-10-7-16(26)11-20(19)28(31)32)21-13-25(2,3)14-22(29)24(18)21/h5-11,18H,4,12-14H2,1-3H3. The second-order valence-electron chi connectivity index (χ2n) is 9.18. The minimum atomic E-state index is -0.553. The zero-order valence-corrected chi connectivity index (χ0v) is 19.5. The minimum absolute atomic E-state index is 0.0331. The predicted molar refractivity (Wildman–Crippen MR) is 126 cm³/mol. The van der Waals surface area contributed by atoms with Crippen molar-refractivity contribution in [1.29, 1.82) is 0 Å². The highest BCUT2D eigenvalue weighted by Gasteiger charge is 2.45. The number of carbonyl (C=O) groups excluding carboxylic acids is 2. The molecule has 8 heteroatoms. The molecule has 1 atom stereocenters. The molecule has 2 aromatic rings. The zero-order chi connectivity index (χ0) is 23.9. The van der Waals surface area contributed by atoms with Gasteiger partial charge in [-0.25, -0.2) is 0 Å². The van der Waals surface area contributed by atoms with Crippen molar-refractivity contribution >= 4 is 34.7 Å². The molecule has 1 aliphatic carbocycles. The van der Waals surface area contributed by atoms with E-state index < -0.39 is 10.8 Å². The summed E-state index contributed by atoms with van der Waals surface area (Å²) in [6.45, 7) is 6.37. The van der Waals surface area contributed by atoms with E-state index in [0.29, 0.717) is 36.5 Å². The summed E-state index contributed by atoms with van der Waals surface area (Å²) in [5.74, 6) is -0.0145. The number of nitro groups is 1. The van der Waals surface area contributed by atoms with Gasteiger partial charge >= 0.3 is 0 Å². The van der Waals surface area contributed by atoms with Gasteiger partial charge < -0.3 is 4.74 Å². The highest BCUT2D eigenvalue weighted by atomic mass is 35.5. The molecule has 1 aliphatic heterocycles. The summed E-state index contributed by atoms with van der Waals surface area (Å²) in [4.78, 5) is 39.4. The lowest BCUT2D eigenvalue weighted by Gasteiger charge is -2.42. The van der Waals surface area contributed by atoms with E-state index in [1.165, 1.54) is 23.1 Å². The van der Waals surface area contributed by atoms with Crippen LogP contribution in [0.4, 0.5) is 11.4 Å². The third-order valence-electron chi connectivity index (χ3n) is 6.11. The van der Waals surface area contributed by atoms with Gasteiger partial charge in [0.2, 0.25) is 5.91 Å². The van der Waals surface area contributed by atoms with Crippen molar-refractivity contribution in [2.45, 2.75) is 46.0 Å². The van der Waals surface area contributed by atoms with Gasteiger partial charge in [0.15, 0.2) is 5.78 Å². The molecule has 0 aromatic heterocycles. The number of nitro benzene ring substituents is 1. The Kier molecular flexibility index (Phi) is 6.01. The van der Waals surface area contributed by atoms with Gasteiger partial charge in [-0.2, -0.15) is 0 Å². The summed E-state index contributed by atoms with van der Waals surface area (Å²) >= 11 is 6.00. The third kappa shape index (κ3) is 4.37. The number of carbonyl (C=O) groups is 2. The first-order chi connectivity index (χ1) is 15.6. The fourth-order valence-corrected chi connectivity index (χ4v) is 4.94. The number of amides is 1. The maximum atomic E-state index is 13.5. The van der Waals surface area contributed by atoms with Crippen LogP contribution in [-0.2, 0) is 9.59 Å². The third-order valence-corrected chi connectivity index (χ3v) is 6.35. The van der Waals surface area contributed by atoms with Gasteiger partial charge in [0, 0.05) is 41.1 Å². The Morgan fingerprint density at radius 1 is 1.15 bits per heavy atom. The predicted octanol–water partition coefficient (Wildman–Crippen LogP) is 5.81. The largest absolute Gasteiger partial charge is 0.494 e. The molecule has 2 aromatic carbocycles. The number of ether oxygens (including phenoxy) is 1. The van der Waals surface area contributed by atoms with Gasteiger partial charge in [0.05, 0.1) is 11.5 Å². The van der Waals surface area contributed by atoms with Crippen LogP contribution in [0.5, 0.6) is 5.75 Å². The second kappa shape index (κ2) is 8.63. The molecule has 172 valence electrons. The molecule has 7 nitrogen and oxygen atoms in total. The van der Waals surface area contributed by atoms with Crippen molar-refractivity contribution < 1.29 is 19.2 Å². The van der Waals surface area contributed by atoms with Gasteiger partial charge in [-0.1, -0.05) is 37.6 Å². The number of rotatable bonds is 5. The Morgan fingerprint density at radius 3 is 2.48 bits per heavy atom. The number of halogens is 1. The van der Waals surface area contributed by atoms with E-state index in [1.54, 1.807) is 0 Å². The van der Waals surface area contributed by atoms with Crippen LogP contribution in [0.15, 0.2) is 53.7 Å². The number of benzene rings is 2. The Morgan fingerprint density at radius 2 is 1.85 bits per heavy atom. The molecule has 1 amide bonds. The number of ketones is 1. The topological polar surface area (TPSA) is 89.8 Å². The number of allylic oxidation sites excluding steroid dienone is 2. The molecule has 4 rings (SSSR count). The fourth-order valence-electron chi connectivity index (χ4n) is 4.77. The monoisotopic (exact) mass is 468 g/mol. The molecule has 1 heterocycles. The lowest BCUT2D eigenvalue weighted by atomic mass is 9.69. The molecule has 33 heavy (non-hydrogen) atoms.